The van der Waals surface area contributed by atoms with E-state index < -0.39 is 8.07 Å². The van der Waals surface area contributed by atoms with Crippen LogP contribution >= 0.6 is 0 Å². The van der Waals surface area contributed by atoms with E-state index in [2.05, 4.69) is 107 Å². The van der Waals surface area contributed by atoms with Crippen LogP contribution in [0.4, 0.5) is 0 Å². The van der Waals surface area contributed by atoms with Gasteiger partial charge in [0, 0.05) is 17.6 Å². The molecule has 1 unspecified atom stereocenters. The van der Waals surface area contributed by atoms with E-state index in [0.717, 1.165) is 23.7 Å². The molecule has 36 heavy (non-hydrogen) atoms. The molecule has 1 atom stereocenters. The molecule has 1 aromatic heterocycles. The van der Waals surface area contributed by atoms with E-state index in [1.165, 1.54) is 21.1 Å². The number of aromatic nitrogens is 1. The van der Waals surface area contributed by atoms with Crippen molar-refractivity contribution in [2.24, 2.45) is 0 Å². The lowest BCUT2D eigenvalue weighted by Crippen LogP contribution is -2.73. The molecule has 0 fully saturated rings. The molecule has 0 aliphatic heterocycles. The summed E-state index contributed by atoms with van der Waals surface area (Å²) in [6, 6.07) is 29.9. The summed E-state index contributed by atoms with van der Waals surface area (Å²) >= 11 is 0. The monoisotopic (exact) mass is 493 g/mol. The zero-order chi connectivity index (χ0) is 25.6. The summed E-state index contributed by atoms with van der Waals surface area (Å²) in [5.74, 6) is -0.302. The first-order valence-corrected chi connectivity index (χ1v) is 14.7. The maximum absolute atomic E-state index is 12.5. The maximum atomic E-state index is 12.5. The number of benzene rings is 3. The lowest BCUT2D eigenvalue weighted by molar-refractivity contribution is -0.137. The van der Waals surface area contributed by atoms with Crippen molar-refractivity contribution in [3.05, 3.63) is 103 Å². The van der Waals surface area contributed by atoms with Gasteiger partial charge in [0.05, 0.1) is 6.61 Å². The second kappa shape index (κ2) is 11.0. The fourth-order valence-corrected chi connectivity index (χ4v) is 11.0. The number of hydrogen-bond acceptors (Lipinski definition) is 3. The molecule has 0 saturated carbocycles. The fourth-order valence-electron chi connectivity index (χ4n) is 5.23. The summed E-state index contributed by atoms with van der Waals surface area (Å²) in [5, 5.41) is 5.93. The van der Waals surface area contributed by atoms with Gasteiger partial charge < -0.3 is 4.74 Å². The van der Waals surface area contributed by atoms with Crippen molar-refractivity contribution >= 4 is 46.6 Å². The number of nitrogens with zero attached hydrogens (tertiary/aromatic N) is 1. The van der Waals surface area contributed by atoms with Crippen LogP contribution in [-0.2, 0) is 9.53 Å². The Morgan fingerprint density at radius 1 is 0.917 bits per heavy atom. The summed E-state index contributed by atoms with van der Waals surface area (Å²) in [6.07, 6.45) is 7.30. The summed E-state index contributed by atoms with van der Waals surface area (Å²) in [5.41, 5.74) is 1.03. The van der Waals surface area contributed by atoms with Crippen molar-refractivity contribution in [1.29, 1.82) is 0 Å². The van der Waals surface area contributed by atoms with E-state index in [4.69, 9.17) is 9.72 Å². The van der Waals surface area contributed by atoms with Gasteiger partial charge in [-0.25, -0.2) is 4.79 Å². The molecule has 1 heterocycles. The highest BCUT2D eigenvalue weighted by Crippen LogP contribution is 2.37. The molecule has 4 heteroatoms. The minimum absolute atomic E-state index is 0.128. The predicted molar refractivity (Wildman–Crippen MR) is 154 cm³/mol. The molecule has 0 aliphatic carbocycles. The smallest absolute Gasteiger partial charge is 0.330 e. The van der Waals surface area contributed by atoms with Gasteiger partial charge in [-0.05, 0) is 50.3 Å². The standard InChI is InChI=1S/C32H35NO2Si/c1-5-6-24-35-30(34)21-20-26-15-11-13-19-29(26)36(32(2,3)4,27-16-8-7-9-17-27)31-28-18-12-10-14-25(28)22-23-33-31/h7-23H,5-6,24H2,1-4H3/b21-20+. The Morgan fingerprint density at radius 2 is 1.61 bits per heavy atom. The summed E-state index contributed by atoms with van der Waals surface area (Å²) in [4.78, 5) is 17.6. The second-order valence-corrected chi connectivity index (χ2v) is 14.8. The predicted octanol–water partition coefficient (Wildman–Crippen LogP) is 5.86. The van der Waals surface area contributed by atoms with Crippen LogP contribution in [0, 0.1) is 0 Å². The molecule has 0 aliphatic rings. The zero-order valence-electron chi connectivity index (χ0n) is 21.7. The molecule has 4 rings (SSSR count). The van der Waals surface area contributed by atoms with Crippen LogP contribution in [0.3, 0.4) is 0 Å². The van der Waals surface area contributed by atoms with E-state index in [1.54, 1.807) is 6.08 Å². The molecular weight excluding hydrogens is 458 g/mol. The van der Waals surface area contributed by atoms with Gasteiger partial charge in [-0.15, -0.1) is 0 Å². The fraction of sp³-hybridized carbons (Fsp3) is 0.250. The third-order valence-corrected chi connectivity index (χ3v) is 12.7. The molecular formula is C32H35NO2Si. The van der Waals surface area contributed by atoms with Gasteiger partial charge >= 0.3 is 5.97 Å². The molecule has 0 saturated heterocycles. The van der Waals surface area contributed by atoms with E-state index in [0.29, 0.717) is 6.61 Å². The normalized spacial score (nSPS) is 13.6. The summed E-state index contributed by atoms with van der Waals surface area (Å²) < 4.78 is 5.40. The van der Waals surface area contributed by atoms with Crippen molar-refractivity contribution < 1.29 is 9.53 Å². The highest BCUT2D eigenvalue weighted by atomic mass is 28.3. The van der Waals surface area contributed by atoms with Crippen molar-refractivity contribution in [1.82, 2.24) is 4.98 Å². The Morgan fingerprint density at radius 3 is 2.36 bits per heavy atom. The van der Waals surface area contributed by atoms with Gasteiger partial charge in [0.15, 0.2) is 8.07 Å². The topological polar surface area (TPSA) is 39.2 Å². The summed E-state index contributed by atoms with van der Waals surface area (Å²) in [7, 11) is -2.75. The van der Waals surface area contributed by atoms with Crippen molar-refractivity contribution in [2.75, 3.05) is 6.61 Å². The Balaban J connectivity index is 2.01. The van der Waals surface area contributed by atoms with Gasteiger partial charge in [0.25, 0.3) is 0 Å². The molecule has 0 bridgehead atoms. The van der Waals surface area contributed by atoms with Crippen LogP contribution in [0.5, 0.6) is 0 Å². The highest BCUT2D eigenvalue weighted by Gasteiger charge is 2.52. The first-order chi connectivity index (χ1) is 17.4. The van der Waals surface area contributed by atoms with Crippen LogP contribution in [0.1, 0.15) is 46.1 Å². The highest BCUT2D eigenvalue weighted by molar-refractivity contribution is 7.14. The van der Waals surface area contributed by atoms with Crippen molar-refractivity contribution in [3.63, 3.8) is 0 Å². The van der Waals surface area contributed by atoms with Gasteiger partial charge in [0.2, 0.25) is 0 Å². The molecule has 3 nitrogen and oxygen atoms in total. The molecule has 3 aromatic carbocycles. The molecule has 184 valence electrons. The number of fused-ring (bicyclic) bond motifs is 1. The average molecular weight is 494 g/mol. The first kappa shape index (κ1) is 25.6. The minimum Gasteiger partial charge on any atom is -0.463 e. The Hall–Kier alpha value is -3.50. The number of hydrogen-bond donors (Lipinski definition) is 0. The summed E-state index contributed by atoms with van der Waals surface area (Å²) in [6.45, 7) is 9.52. The van der Waals surface area contributed by atoms with E-state index in [1.807, 2.05) is 18.3 Å². The van der Waals surface area contributed by atoms with Crippen LogP contribution in [0.25, 0.3) is 16.8 Å². The van der Waals surface area contributed by atoms with E-state index in [9.17, 15) is 4.79 Å². The SMILES string of the molecule is CCCCOC(=O)/C=C/c1ccccc1[Si](c1ccccc1)(c1nccc2ccccc12)C(C)(C)C. The molecule has 0 spiro atoms. The third kappa shape index (κ3) is 4.91. The second-order valence-electron chi connectivity index (χ2n) is 10.2. The van der Waals surface area contributed by atoms with Gasteiger partial charge in [-0.1, -0.05) is 113 Å². The van der Waals surface area contributed by atoms with Crippen LogP contribution in [0.2, 0.25) is 5.04 Å². The lowest BCUT2D eigenvalue weighted by atomic mass is 10.2. The first-order valence-electron chi connectivity index (χ1n) is 12.7. The van der Waals surface area contributed by atoms with Crippen LogP contribution in [-0.4, -0.2) is 25.6 Å². The van der Waals surface area contributed by atoms with E-state index in [-0.39, 0.29) is 11.0 Å². The average Bonchev–Trinajstić information content (AvgIpc) is 2.89. The quantitative estimate of drug-likeness (QED) is 0.134. The number of ether oxygens (including phenoxy) is 1. The number of carbonyl (C=O) groups excluding carboxylic acids is 1. The largest absolute Gasteiger partial charge is 0.463 e. The van der Waals surface area contributed by atoms with Gasteiger partial charge in [-0.3, -0.25) is 4.98 Å². The number of esters is 1. The number of unbranched alkanes of at least 4 members (excludes halogenated alkanes) is 1. The van der Waals surface area contributed by atoms with Gasteiger partial charge in [0.1, 0.15) is 0 Å². The third-order valence-electron chi connectivity index (χ3n) is 6.87. The Kier molecular flexibility index (Phi) is 7.85. The maximum Gasteiger partial charge on any atom is 0.330 e. The van der Waals surface area contributed by atoms with E-state index >= 15 is 0 Å². The molecule has 0 amide bonds. The number of rotatable bonds is 8. The van der Waals surface area contributed by atoms with Crippen molar-refractivity contribution in [2.45, 2.75) is 45.6 Å². The molecule has 0 radical (unpaired) electrons. The number of pyridine rings is 1. The van der Waals surface area contributed by atoms with Crippen molar-refractivity contribution in [3.8, 4) is 0 Å². The minimum atomic E-state index is -2.75. The molecule has 0 N–H and O–H groups in total. The number of carbonyl (C=O) groups is 1. The molecule has 4 aromatic rings. The Bertz CT molecular complexity index is 1350. The Labute approximate surface area is 215 Å². The van der Waals surface area contributed by atoms with Gasteiger partial charge in [-0.2, -0.15) is 0 Å². The van der Waals surface area contributed by atoms with Crippen LogP contribution in [0.15, 0.2) is 97.2 Å². The van der Waals surface area contributed by atoms with Crippen LogP contribution < -0.4 is 15.7 Å². The lowest BCUT2D eigenvalue weighted by Gasteiger charge is -2.44. The zero-order valence-corrected chi connectivity index (χ0v) is 22.7.